The number of hydrogen-bond acceptors (Lipinski definition) is 4. The molecule has 21 heavy (non-hydrogen) atoms. The lowest BCUT2D eigenvalue weighted by Gasteiger charge is -2.27. The van der Waals surface area contributed by atoms with Gasteiger partial charge >= 0.3 is 5.97 Å². The van der Waals surface area contributed by atoms with E-state index in [0.29, 0.717) is 5.56 Å². The molecule has 0 spiro atoms. The fourth-order valence-electron chi connectivity index (χ4n) is 1.70. The van der Waals surface area contributed by atoms with Crippen molar-refractivity contribution in [2.75, 3.05) is 0 Å². The highest BCUT2D eigenvalue weighted by molar-refractivity contribution is 7.89. The third-order valence-corrected chi connectivity index (χ3v) is 4.34. The minimum absolute atomic E-state index is 0.0281. The molecule has 1 atom stereocenters. The SMILES string of the molecule is CC(C)(C)C(NS(=O)(=O)c1ccc(CC#N)cc1)C(=O)O. The van der Waals surface area contributed by atoms with Crippen LogP contribution < -0.4 is 4.72 Å². The fourth-order valence-corrected chi connectivity index (χ4v) is 3.09. The largest absolute Gasteiger partial charge is 0.480 e. The molecule has 0 aromatic heterocycles. The van der Waals surface area contributed by atoms with Crippen LogP contribution in [0.2, 0.25) is 0 Å². The molecule has 114 valence electrons. The van der Waals surface area contributed by atoms with Crippen LogP contribution >= 0.6 is 0 Å². The summed E-state index contributed by atoms with van der Waals surface area (Å²) >= 11 is 0. The summed E-state index contributed by atoms with van der Waals surface area (Å²) in [4.78, 5) is 11.2. The maximum Gasteiger partial charge on any atom is 0.322 e. The number of carboxylic acid groups (broad SMARTS) is 1. The lowest BCUT2D eigenvalue weighted by molar-refractivity contribution is -0.141. The molecule has 7 heteroatoms. The molecule has 0 saturated heterocycles. The van der Waals surface area contributed by atoms with Crippen molar-refractivity contribution < 1.29 is 18.3 Å². The van der Waals surface area contributed by atoms with Crippen LogP contribution in [0.1, 0.15) is 26.3 Å². The van der Waals surface area contributed by atoms with E-state index in [-0.39, 0.29) is 11.3 Å². The number of carboxylic acids is 1. The van der Waals surface area contributed by atoms with Gasteiger partial charge in [-0.1, -0.05) is 32.9 Å². The zero-order chi connectivity index (χ0) is 16.3. The Kier molecular flexibility index (Phi) is 5.10. The number of sulfonamides is 1. The van der Waals surface area contributed by atoms with Crippen LogP contribution in [0.3, 0.4) is 0 Å². The molecule has 1 aromatic rings. The molecule has 0 fully saturated rings. The molecule has 6 nitrogen and oxygen atoms in total. The molecule has 2 N–H and O–H groups in total. The molecule has 0 saturated carbocycles. The Bertz CT molecular complexity index is 652. The minimum Gasteiger partial charge on any atom is -0.480 e. The van der Waals surface area contributed by atoms with Gasteiger partial charge in [-0.05, 0) is 23.1 Å². The molecule has 0 bridgehead atoms. The highest BCUT2D eigenvalue weighted by Gasteiger charge is 2.35. The number of carbonyl (C=O) groups is 1. The van der Waals surface area contributed by atoms with Gasteiger partial charge in [-0.3, -0.25) is 4.79 Å². The molecule has 0 aliphatic heterocycles. The monoisotopic (exact) mass is 310 g/mol. The van der Waals surface area contributed by atoms with Crippen molar-refractivity contribution in [2.45, 2.75) is 38.1 Å². The number of hydrogen-bond donors (Lipinski definition) is 2. The summed E-state index contributed by atoms with van der Waals surface area (Å²) in [6, 6.07) is 6.51. The van der Waals surface area contributed by atoms with Crippen molar-refractivity contribution >= 4 is 16.0 Å². The van der Waals surface area contributed by atoms with E-state index in [2.05, 4.69) is 4.72 Å². The summed E-state index contributed by atoms with van der Waals surface area (Å²) in [5.41, 5.74) is -0.0679. The van der Waals surface area contributed by atoms with Crippen molar-refractivity contribution in [2.24, 2.45) is 5.41 Å². The second-order valence-electron chi connectivity index (χ2n) is 5.74. The Balaban J connectivity index is 3.05. The third-order valence-electron chi connectivity index (χ3n) is 2.90. The summed E-state index contributed by atoms with van der Waals surface area (Å²) in [5, 5.41) is 17.7. The highest BCUT2D eigenvalue weighted by Crippen LogP contribution is 2.22. The summed E-state index contributed by atoms with van der Waals surface area (Å²) in [7, 11) is -3.93. The van der Waals surface area contributed by atoms with Crippen LogP contribution in [0.5, 0.6) is 0 Å². The predicted molar refractivity (Wildman–Crippen MR) is 77.0 cm³/mol. The molecule has 1 rings (SSSR count). The van der Waals surface area contributed by atoms with Crippen LogP contribution in [-0.4, -0.2) is 25.5 Å². The molecule has 0 heterocycles. The number of nitrogens with zero attached hydrogens (tertiary/aromatic N) is 1. The number of aliphatic carboxylic acids is 1. The van der Waals surface area contributed by atoms with Crippen LogP contribution in [-0.2, 0) is 21.2 Å². The zero-order valence-electron chi connectivity index (χ0n) is 12.1. The van der Waals surface area contributed by atoms with Crippen molar-refractivity contribution in [1.82, 2.24) is 4.72 Å². The molecular weight excluding hydrogens is 292 g/mol. The quantitative estimate of drug-likeness (QED) is 0.857. The average Bonchev–Trinajstić information content (AvgIpc) is 2.35. The molecule has 0 aliphatic rings. The Morgan fingerprint density at radius 1 is 1.33 bits per heavy atom. The van der Waals surface area contributed by atoms with Crippen LogP contribution in [0, 0.1) is 16.7 Å². The standard InChI is InChI=1S/C14H18N2O4S/c1-14(2,3)12(13(17)18)16-21(19,20)11-6-4-10(5-7-11)8-9-15/h4-7,12,16H,8H2,1-3H3,(H,17,18). The van der Waals surface area contributed by atoms with Crippen molar-refractivity contribution in [3.8, 4) is 6.07 Å². The van der Waals surface area contributed by atoms with Crippen LogP contribution in [0.15, 0.2) is 29.2 Å². The van der Waals surface area contributed by atoms with E-state index in [4.69, 9.17) is 5.26 Å². The maximum atomic E-state index is 12.2. The second-order valence-corrected chi connectivity index (χ2v) is 7.45. The molecular formula is C14H18N2O4S. The summed E-state index contributed by atoms with van der Waals surface area (Å²) in [5.74, 6) is -1.23. The first-order valence-corrected chi connectivity index (χ1v) is 7.77. The lowest BCUT2D eigenvalue weighted by atomic mass is 9.88. The first-order valence-electron chi connectivity index (χ1n) is 6.29. The molecule has 0 radical (unpaired) electrons. The fraction of sp³-hybridized carbons (Fsp3) is 0.429. The van der Waals surface area contributed by atoms with E-state index >= 15 is 0 Å². The van der Waals surface area contributed by atoms with Crippen LogP contribution in [0.4, 0.5) is 0 Å². The van der Waals surface area contributed by atoms with E-state index in [1.165, 1.54) is 24.3 Å². The average molecular weight is 310 g/mol. The molecule has 1 unspecified atom stereocenters. The Morgan fingerprint density at radius 2 is 1.86 bits per heavy atom. The molecule has 0 amide bonds. The van der Waals surface area contributed by atoms with E-state index in [1.54, 1.807) is 20.8 Å². The van der Waals surface area contributed by atoms with Gasteiger partial charge < -0.3 is 5.11 Å². The van der Waals surface area contributed by atoms with Gasteiger partial charge in [0.05, 0.1) is 17.4 Å². The Morgan fingerprint density at radius 3 is 2.24 bits per heavy atom. The molecule has 1 aromatic carbocycles. The van der Waals surface area contributed by atoms with Crippen molar-refractivity contribution in [3.63, 3.8) is 0 Å². The van der Waals surface area contributed by atoms with Gasteiger partial charge in [0.2, 0.25) is 10.0 Å². The highest BCUT2D eigenvalue weighted by atomic mass is 32.2. The van der Waals surface area contributed by atoms with Gasteiger partial charge in [0.15, 0.2) is 0 Å². The second kappa shape index (κ2) is 6.24. The Labute approximate surface area is 124 Å². The van der Waals surface area contributed by atoms with E-state index < -0.39 is 27.4 Å². The minimum atomic E-state index is -3.93. The summed E-state index contributed by atoms with van der Waals surface area (Å²) < 4.78 is 26.7. The lowest BCUT2D eigenvalue weighted by Crippen LogP contribution is -2.48. The van der Waals surface area contributed by atoms with E-state index in [9.17, 15) is 18.3 Å². The van der Waals surface area contributed by atoms with Gasteiger partial charge in [-0.15, -0.1) is 0 Å². The number of rotatable bonds is 5. The number of benzene rings is 1. The van der Waals surface area contributed by atoms with E-state index in [0.717, 1.165) is 0 Å². The van der Waals surface area contributed by atoms with Gasteiger partial charge in [-0.2, -0.15) is 9.98 Å². The first kappa shape index (κ1) is 17.1. The van der Waals surface area contributed by atoms with E-state index in [1.807, 2.05) is 6.07 Å². The van der Waals surface area contributed by atoms with Crippen LogP contribution in [0.25, 0.3) is 0 Å². The maximum absolute atomic E-state index is 12.2. The summed E-state index contributed by atoms with van der Waals surface area (Å²) in [6.45, 7) is 4.93. The van der Waals surface area contributed by atoms with Gasteiger partial charge in [-0.25, -0.2) is 8.42 Å². The topological polar surface area (TPSA) is 107 Å². The number of nitriles is 1. The van der Waals surface area contributed by atoms with Gasteiger partial charge in [0.25, 0.3) is 0 Å². The Hall–Kier alpha value is -1.91. The van der Waals surface area contributed by atoms with Gasteiger partial charge in [0.1, 0.15) is 6.04 Å². The van der Waals surface area contributed by atoms with Crippen molar-refractivity contribution in [3.05, 3.63) is 29.8 Å². The normalized spacial score (nSPS) is 13.4. The summed E-state index contributed by atoms with van der Waals surface area (Å²) in [6.07, 6.45) is 0.188. The first-order chi connectivity index (χ1) is 9.58. The van der Waals surface area contributed by atoms with Crippen molar-refractivity contribution in [1.29, 1.82) is 5.26 Å². The zero-order valence-corrected chi connectivity index (χ0v) is 12.9. The molecule has 0 aliphatic carbocycles. The third kappa shape index (κ3) is 4.55. The predicted octanol–water partition coefficient (Wildman–Crippen LogP) is 1.53. The van der Waals surface area contributed by atoms with Gasteiger partial charge in [0, 0.05) is 0 Å². The number of nitrogens with one attached hydrogen (secondary N) is 1. The smallest absolute Gasteiger partial charge is 0.322 e.